The fourth-order valence-electron chi connectivity index (χ4n) is 2.10. The molecule has 0 saturated carbocycles. The maximum Gasteiger partial charge on any atom is 0.142 e. The number of benzene rings is 2. The smallest absolute Gasteiger partial charge is 0.142 e. The van der Waals surface area contributed by atoms with Gasteiger partial charge in [0.05, 0.1) is 12.3 Å². The van der Waals surface area contributed by atoms with Crippen molar-refractivity contribution in [3.63, 3.8) is 0 Å². The molecule has 0 bridgehead atoms. The van der Waals surface area contributed by atoms with Crippen molar-refractivity contribution < 1.29 is 4.74 Å². The van der Waals surface area contributed by atoms with Crippen molar-refractivity contribution in [1.82, 2.24) is 0 Å². The molecule has 0 heterocycles. The molecule has 0 aromatic heterocycles. The summed E-state index contributed by atoms with van der Waals surface area (Å²) < 4.78 is 5.61. The predicted octanol–water partition coefficient (Wildman–Crippen LogP) is 4.97. The first-order valence-electron chi connectivity index (χ1n) is 6.82. The fourth-order valence-corrected chi connectivity index (χ4v) is 2.27. The third-order valence-electron chi connectivity index (χ3n) is 3.22. The molecule has 0 spiro atoms. The van der Waals surface area contributed by atoms with E-state index in [4.69, 9.17) is 16.3 Å². The Labute approximate surface area is 125 Å². The minimum absolute atomic E-state index is 0.639. The molecule has 0 fully saturated rings. The van der Waals surface area contributed by atoms with Crippen molar-refractivity contribution in [2.75, 3.05) is 11.9 Å². The third kappa shape index (κ3) is 3.67. The molecule has 2 nitrogen and oxygen atoms in total. The van der Waals surface area contributed by atoms with Crippen LogP contribution in [0.15, 0.2) is 36.4 Å². The summed E-state index contributed by atoms with van der Waals surface area (Å²) in [4.78, 5) is 0. The standard InChI is InChI=1S/C17H20ClNO/c1-4-20-17-8-7-15(18)10-16(17)19-11-14-9-12(2)5-6-13(14)3/h5-10,19H,4,11H2,1-3H3. The van der Waals surface area contributed by atoms with Gasteiger partial charge in [-0.15, -0.1) is 0 Å². The van der Waals surface area contributed by atoms with E-state index < -0.39 is 0 Å². The predicted molar refractivity (Wildman–Crippen MR) is 85.9 cm³/mol. The van der Waals surface area contributed by atoms with Crippen LogP contribution < -0.4 is 10.1 Å². The highest BCUT2D eigenvalue weighted by molar-refractivity contribution is 6.30. The first-order chi connectivity index (χ1) is 9.60. The van der Waals surface area contributed by atoms with Gasteiger partial charge in [-0.1, -0.05) is 35.4 Å². The van der Waals surface area contributed by atoms with Gasteiger partial charge in [0.1, 0.15) is 5.75 Å². The van der Waals surface area contributed by atoms with E-state index in [1.165, 1.54) is 16.7 Å². The van der Waals surface area contributed by atoms with Gasteiger partial charge in [0, 0.05) is 11.6 Å². The van der Waals surface area contributed by atoms with Gasteiger partial charge in [0.2, 0.25) is 0 Å². The topological polar surface area (TPSA) is 21.3 Å². The van der Waals surface area contributed by atoms with Gasteiger partial charge in [0.25, 0.3) is 0 Å². The van der Waals surface area contributed by atoms with Gasteiger partial charge in [-0.25, -0.2) is 0 Å². The van der Waals surface area contributed by atoms with E-state index >= 15 is 0 Å². The van der Waals surface area contributed by atoms with Crippen LogP contribution in [0, 0.1) is 13.8 Å². The molecule has 0 unspecified atom stereocenters. The van der Waals surface area contributed by atoms with Crippen LogP contribution in [-0.4, -0.2) is 6.61 Å². The van der Waals surface area contributed by atoms with Crippen LogP contribution in [0.25, 0.3) is 0 Å². The highest BCUT2D eigenvalue weighted by atomic mass is 35.5. The summed E-state index contributed by atoms with van der Waals surface area (Å²) in [5, 5.41) is 4.12. The Morgan fingerprint density at radius 1 is 1.10 bits per heavy atom. The number of aryl methyl sites for hydroxylation is 2. The zero-order chi connectivity index (χ0) is 14.5. The van der Waals surface area contributed by atoms with E-state index in [0.29, 0.717) is 11.6 Å². The molecular formula is C17H20ClNO. The summed E-state index contributed by atoms with van der Waals surface area (Å²) in [5.74, 6) is 0.835. The Balaban J connectivity index is 2.17. The Bertz CT molecular complexity index is 596. The molecule has 0 aliphatic heterocycles. The Hall–Kier alpha value is -1.67. The minimum Gasteiger partial charge on any atom is -0.492 e. The number of nitrogens with one attached hydrogen (secondary N) is 1. The maximum absolute atomic E-state index is 6.06. The zero-order valence-corrected chi connectivity index (χ0v) is 12.9. The number of rotatable bonds is 5. The quantitative estimate of drug-likeness (QED) is 0.839. The lowest BCUT2D eigenvalue weighted by atomic mass is 10.1. The van der Waals surface area contributed by atoms with Gasteiger partial charge < -0.3 is 10.1 Å². The van der Waals surface area contributed by atoms with E-state index in [1.807, 2.05) is 25.1 Å². The van der Waals surface area contributed by atoms with Crippen LogP contribution in [0.3, 0.4) is 0 Å². The SMILES string of the molecule is CCOc1ccc(Cl)cc1NCc1cc(C)ccc1C. The largest absolute Gasteiger partial charge is 0.492 e. The Kier molecular flexibility index (Phi) is 4.91. The molecule has 2 rings (SSSR count). The van der Waals surface area contributed by atoms with Gasteiger partial charge >= 0.3 is 0 Å². The first-order valence-corrected chi connectivity index (χ1v) is 7.20. The zero-order valence-electron chi connectivity index (χ0n) is 12.2. The summed E-state index contributed by atoms with van der Waals surface area (Å²) in [6.45, 7) is 7.60. The Morgan fingerprint density at radius 2 is 1.90 bits per heavy atom. The maximum atomic E-state index is 6.06. The molecule has 106 valence electrons. The summed E-state index contributed by atoms with van der Waals surface area (Å²) in [6.07, 6.45) is 0. The van der Waals surface area contributed by atoms with Crippen molar-refractivity contribution >= 4 is 17.3 Å². The number of anilines is 1. The average Bonchev–Trinajstić information content (AvgIpc) is 2.42. The molecule has 0 radical (unpaired) electrons. The lowest BCUT2D eigenvalue weighted by Crippen LogP contribution is -2.04. The molecule has 0 saturated heterocycles. The second kappa shape index (κ2) is 6.67. The number of hydrogen-bond acceptors (Lipinski definition) is 2. The lowest BCUT2D eigenvalue weighted by Gasteiger charge is -2.14. The summed E-state index contributed by atoms with van der Waals surface area (Å²) in [5.41, 5.74) is 4.76. The van der Waals surface area contributed by atoms with Gasteiger partial charge in [-0.3, -0.25) is 0 Å². The highest BCUT2D eigenvalue weighted by Crippen LogP contribution is 2.28. The fraction of sp³-hybridized carbons (Fsp3) is 0.294. The molecular weight excluding hydrogens is 270 g/mol. The van der Waals surface area contributed by atoms with Crippen molar-refractivity contribution in [2.24, 2.45) is 0 Å². The molecule has 2 aromatic rings. The van der Waals surface area contributed by atoms with Gasteiger partial charge in [-0.2, -0.15) is 0 Å². The van der Waals surface area contributed by atoms with Crippen molar-refractivity contribution in [3.05, 3.63) is 58.1 Å². The number of hydrogen-bond donors (Lipinski definition) is 1. The molecule has 0 amide bonds. The highest BCUT2D eigenvalue weighted by Gasteiger charge is 2.05. The van der Waals surface area contributed by atoms with E-state index in [1.54, 1.807) is 0 Å². The monoisotopic (exact) mass is 289 g/mol. The molecule has 2 aromatic carbocycles. The Morgan fingerprint density at radius 3 is 2.65 bits per heavy atom. The molecule has 1 N–H and O–H groups in total. The van der Waals surface area contributed by atoms with Crippen LogP contribution in [0.2, 0.25) is 5.02 Å². The second-order valence-electron chi connectivity index (χ2n) is 4.86. The van der Waals surface area contributed by atoms with Crippen molar-refractivity contribution in [3.8, 4) is 5.75 Å². The molecule has 20 heavy (non-hydrogen) atoms. The van der Waals surface area contributed by atoms with E-state index in [9.17, 15) is 0 Å². The van der Waals surface area contributed by atoms with Gasteiger partial charge in [-0.05, 0) is 50.1 Å². The normalized spacial score (nSPS) is 10.4. The van der Waals surface area contributed by atoms with Gasteiger partial charge in [0.15, 0.2) is 0 Å². The van der Waals surface area contributed by atoms with Crippen molar-refractivity contribution in [1.29, 1.82) is 0 Å². The second-order valence-corrected chi connectivity index (χ2v) is 5.29. The van der Waals surface area contributed by atoms with Crippen molar-refractivity contribution in [2.45, 2.75) is 27.3 Å². The minimum atomic E-state index is 0.639. The average molecular weight is 290 g/mol. The van der Waals surface area contributed by atoms with Crippen LogP contribution in [0.5, 0.6) is 5.75 Å². The third-order valence-corrected chi connectivity index (χ3v) is 3.45. The molecule has 0 atom stereocenters. The summed E-state index contributed by atoms with van der Waals surface area (Å²) in [7, 11) is 0. The molecule has 3 heteroatoms. The van der Waals surface area contributed by atoms with Crippen LogP contribution in [0.4, 0.5) is 5.69 Å². The van der Waals surface area contributed by atoms with E-state index in [2.05, 4.69) is 37.4 Å². The summed E-state index contributed by atoms with van der Waals surface area (Å²) in [6, 6.07) is 12.1. The molecule has 0 aliphatic carbocycles. The van der Waals surface area contributed by atoms with Crippen LogP contribution in [0.1, 0.15) is 23.6 Å². The first kappa shape index (κ1) is 14.7. The van der Waals surface area contributed by atoms with Crippen LogP contribution >= 0.6 is 11.6 Å². The van der Waals surface area contributed by atoms with Crippen LogP contribution in [-0.2, 0) is 6.54 Å². The molecule has 0 aliphatic rings. The van der Waals surface area contributed by atoms with E-state index in [0.717, 1.165) is 18.0 Å². The summed E-state index contributed by atoms with van der Waals surface area (Å²) >= 11 is 6.06. The number of halogens is 1. The number of ether oxygens (including phenoxy) is 1. The van der Waals surface area contributed by atoms with E-state index in [-0.39, 0.29) is 0 Å². The lowest BCUT2D eigenvalue weighted by molar-refractivity contribution is 0.341.